The number of nitrogens with zero attached hydrogens (tertiary/aromatic N) is 4. The van der Waals surface area contributed by atoms with Crippen molar-refractivity contribution in [1.29, 1.82) is 0 Å². The van der Waals surface area contributed by atoms with Gasteiger partial charge >= 0.3 is 0 Å². The van der Waals surface area contributed by atoms with Crippen LogP contribution in [0.4, 0.5) is 0 Å². The van der Waals surface area contributed by atoms with Gasteiger partial charge in [-0.05, 0) is 43.2 Å². The van der Waals surface area contributed by atoms with E-state index < -0.39 is 0 Å². The van der Waals surface area contributed by atoms with E-state index in [1.54, 1.807) is 18.5 Å². The van der Waals surface area contributed by atoms with Crippen LogP contribution >= 0.6 is 0 Å². The van der Waals surface area contributed by atoms with Crippen molar-refractivity contribution >= 4 is 12.0 Å². The molecule has 3 heterocycles. The number of aromatic nitrogens is 3. The first kappa shape index (κ1) is 20.6. The summed E-state index contributed by atoms with van der Waals surface area (Å²) >= 11 is 0. The maximum Gasteiger partial charge on any atom is 0.244 e. The standard InChI is InChI=1S/C25H27N5O2/c31-24(27-16-23-18-29(13-14-32-23)21-9-10-21)11-8-20-17-30(22-6-2-1-3-7-22)28-25(20)19-5-4-12-26-15-19/h1-8,11-12,15,17,21,23H,9-10,13-14,16,18H2,(H,27,31)/b11-8+. The zero-order valence-electron chi connectivity index (χ0n) is 17.9. The lowest BCUT2D eigenvalue weighted by atomic mass is 10.1. The summed E-state index contributed by atoms with van der Waals surface area (Å²) in [4.78, 5) is 19.2. The van der Waals surface area contributed by atoms with Crippen LogP contribution < -0.4 is 5.32 Å². The molecule has 1 N–H and O–H groups in total. The Morgan fingerprint density at radius 1 is 1.19 bits per heavy atom. The normalized spacial score (nSPS) is 19.3. The number of ether oxygens (including phenoxy) is 1. The lowest BCUT2D eigenvalue weighted by Crippen LogP contribution is -2.48. The third-order valence-electron chi connectivity index (χ3n) is 5.85. The highest BCUT2D eigenvalue weighted by Crippen LogP contribution is 2.28. The van der Waals surface area contributed by atoms with Gasteiger partial charge in [0.2, 0.25) is 5.91 Å². The molecule has 0 spiro atoms. The number of hydrogen-bond acceptors (Lipinski definition) is 5. The summed E-state index contributed by atoms with van der Waals surface area (Å²) in [6.07, 6.45) is 11.4. The maximum absolute atomic E-state index is 12.5. The Balaban J connectivity index is 1.28. The fourth-order valence-electron chi connectivity index (χ4n) is 4.03. The highest BCUT2D eigenvalue weighted by atomic mass is 16.5. The van der Waals surface area contributed by atoms with Crippen LogP contribution in [0.1, 0.15) is 18.4 Å². The van der Waals surface area contributed by atoms with Gasteiger partial charge in [0, 0.05) is 61.5 Å². The smallest absolute Gasteiger partial charge is 0.244 e. The first-order valence-corrected chi connectivity index (χ1v) is 11.1. The second-order valence-electron chi connectivity index (χ2n) is 8.25. The first-order valence-electron chi connectivity index (χ1n) is 11.1. The summed E-state index contributed by atoms with van der Waals surface area (Å²) in [6.45, 7) is 3.15. The van der Waals surface area contributed by atoms with E-state index in [2.05, 4.69) is 15.2 Å². The summed E-state index contributed by atoms with van der Waals surface area (Å²) in [5, 5.41) is 7.73. The van der Waals surface area contributed by atoms with Gasteiger partial charge in [0.15, 0.2) is 0 Å². The number of morpholine rings is 1. The topological polar surface area (TPSA) is 72.3 Å². The molecule has 1 aromatic carbocycles. The monoisotopic (exact) mass is 429 g/mol. The molecule has 1 aliphatic carbocycles. The quantitative estimate of drug-likeness (QED) is 0.585. The molecule has 1 atom stereocenters. The number of amides is 1. The fraction of sp³-hybridized carbons (Fsp3) is 0.320. The van der Waals surface area contributed by atoms with Crippen molar-refractivity contribution in [2.45, 2.75) is 25.0 Å². The minimum Gasteiger partial charge on any atom is -0.374 e. The molecule has 164 valence electrons. The molecular formula is C25H27N5O2. The number of carbonyl (C=O) groups excluding carboxylic acids is 1. The third kappa shape index (κ3) is 4.95. The first-order chi connectivity index (χ1) is 15.8. The van der Waals surface area contributed by atoms with Crippen molar-refractivity contribution < 1.29 is 9.53 Å². The van der Waals surface area contributed by atoms with Gasteiger partial charge in [0.25, 0.3) is 0 Å². The minimum absolute atomic E-state index is 0.0495. The van der Waals surface area contributed by atoms with Crippen molar-refractivity contribution in [2.75, 3.05) is 26.2 Å². The van der Waals surface area contributed by atoms with Crippen LogP contribution in [0.25, 0.3) is 23.0 Å². The van der Waals surface area contributed by atoms with Crippen LogP contribution in [-0.2, 0) is 9.53 Å². The number of nitrogens with one attached hydrogen (secondary N) is 1. The van der Waals surface area contributed by atoms with E-state index in [1.807, 2.05) is 59.4 Å². The SMILES string of the molecule is O=C(/C=C/c1cn(-c2ccccc2)nc1-c1cccnc1)NCC1CN(C2CC2)CCO1. The Kier molecular flexibility index (Phi) is 6.09. The van der Waals surface area contributed by atoms with E-state index >= 15 is 0 Å². The van der Waals surface area contributed by atoms with Gasteiger partial charge in [-0.25, -0.2) is 4.68 Å². The van der Waals surface area contributed by atoms with Gasteiger partial charge in [0.05, 0.1) is 18.4 Å². The lowest BCUT2D eigenvalue weighted by Gasteiger charge is -2.32. The van der Waals surface area contributed by atoms with Gasteiger partial charge in [-0.3, -0.25) is 14.7 Å². The number of benzene rings is 1. The number of para-hydroxylation sites is 1. The second kappa shape index (κ2) is 9.46. The van der Waals surface area contributed by atoms with Crippen LogP contribution in [0.15, 0.2) is 67.1 Å². The zero-order chi connectivity index (χ0) is 21.8. The van der Waals surface area contributed by atoms with Crippen molar-refractivity contribution in [3.63, 3.8) is 0 Å². The summed E-state index contributed by atoms with van der Waals surface area (Å²) in [5.74, 6) is -0.137. The molecule has 2 aliphatic rings. The van der Waals surface area contributed by atoms with E-state index in [1.165, 1.54) is 12.8 Å². The van der Waals surface area contributed by atoms with E-state index in [0.717, 1.165) is 48.2 Å². The average Bonchev–Trinajstić information content (AvgIpc) is 3.62. The Bertz CT molecular complexity index is 1080. The van der Waals surface area contributed by atoms with Crippen molar-refractivity contribution in [3.05, 3.63) is 72.7 Å². The molecule has 0 radical (unpaired) electrons. The molecule has 1 amide bonds. The molecular weight excluding hydrogens is 402 g/mol. The summed E-state index contributed by atoms with van der Waals surface area (Å²) in [5.41, 5.74) is 3.49. The Hall–Kier alpha value is -3.29. The van der Waals surface area contributed by atoms with Gasteiger partial charge in [-0.15, -0.1) is 0 Å². The number of pyridine rings is 1. The number of rotatable bonds is 7. The molecule has 3 aromatic rings. The van der Waals surface area contributed by atoms with Gasteiger partial charge < -0.3 is 10.1 Å². The second-order valence-corrected chi connectivity index (χ2v) is 8.25. The van der Waals surface area contributed by atoms with Crippen LogP contribution in [0.5, 0.6) is 0 Å². The summed E-state index contributed by atoms with van der Waals surface area (Å²) in [7, 11) is 0. The predicted molar refractivity (Wildman–Crippen MR) is 123 cm³/mol. The number of carbonyl (C=O) groups is 1. The van der Waals surface area contributed by atoms with E-state index in [4.69, 9.17) is 9.84 Å². The molecule has 0 bridgehead atoms. The van der Waals surface area contributed by atoms with Crippen LogP contribution in [-0.4, -0.2) is 64.0 Å². The summed E-state index contributed by atoms with van der Waals surface area (Å²) < 4.78 is 7.65. The molecule has 32 heavy (non-hydrogen) atoms. The molecule has 1 aliphatic heterocycles. The molecule has 7 heteroatoms. The Morgan fingerprint density at radius 2 is 2.06 bits per heavy atom. The average molecular weight is 430 g/mol. The predicted octanol–water partition coefficient (Wildman–Crippen LogP) is 2.93. The largest absolute Gasteiger partial charge is 0.374 e. The zero-order valence-corrected chi connectivity index (χ0v) is 17.9. The van der Waals surface area contributed by atoms with Crippen LogP contribution in [0, 0.1) is 0 Å². The Labute approximate surface area is 187 Å². The fourth-order valence-corrected chi connectivity index (χ4v) is 4.03. The molecule has 7 nitrogen and oxygen atoms in total. The molecule has 1 unspecified atom stereocenters. The Morgan fingerprint density at radius 3 is 2.84 bits per heavy atom. The molecule has 2 fully saturated rings. The third-order valence-corrected chi connectivity index (χ3v) is 5.85. The minimum atomic E-state index is -0.137. The molecule has 2 aromatic heterocycles. The van der Waals surface area contributed by atoms with Gasteiger partial charge in [-0.1, -0.05) is 18.2 Å². The highest BCUT2D eigenvalue weighted by molar-refractivity contribution is 5.92. The van der Waals surface area contributed by atoms with Crippen molar-refractivity contribution in [3.8, 4) is 16.9 Å². The van der Waals surface area contributed by atoms with E-state index in [0.29, 0.717) is 6.54 Å². The molecule has 5 rings (SSSR count). The molecule has 1 saturated heterocycles. The highest BCUT2D eigenvalue weighted by Gasteiger charge is 2.32. The van der Waals surface area contributed by atoms with E-state index in [-0.39, 0.29) is 12.0 Å². The molecule has 1 saturated carbocycles. The van der Waals surface area contributed by atoms with Crippen molar-refractivity contribution in [1.82, 2.24) is 25.0 Å². The van der Waals surface area contributed by atoms with E-state index in [9.17, 15) is 4.79 Å². The summed E-state index contributed by atoms with van der Waals surface area (Å²) in [6, 6.07) is 14.5. The lowest BCUT2D eigenvalue weighted by molar-refractivity contribution is -0.117. The van der Waals surface area contributed by atoms with Crippen molar-refractivity contribution in [2.24, 2.45) is 0 Å². The van der Waals surface area contributed by atoms with Crippen LogP contribution in [0.3, 0.4) is 0 Å². The number of hydrogen-bond donors (Lipinski definition) is 1. The van der Waals surface area contributed by atoms with Gasteiger partial charge in [0.1, 0.15) is 5.69 Å². The van der Waals surface area contributed by atoms with Crippen LogP contribution in [0.2, 0.25) is 0 Å². The van der Waals surface area contributed by atoms with Gasteiger partial charge in [-0.2, -0.15) is 5.10 Å². The maximum atomic E-state index is 12.5.